The predicted molar refractivity (Wildman–Crippen MR) is 99.7 cm³/mol. The molecule has 128 valence electrons. The van der Waals surface area contributed by atoms with Crippen molar-refractivity contribution in [3.63, 3.8) is 0 Å². The molecule has 1 unspecified atom stereocenters. The number of anilines is 1. The minimum atomic E-state index is -0.0833. The zero-order chi connectivity index (χ0) is 17.1. The minimum absolute atomic E-state index is 0.0833. The van der Waals surface area contributed by atoms with Gasteiger partial charge in [0.05, 0.1) is 5.69 Å². The lowest BCUT2D eigenvalue weighted by molar-refractivity contribution is 0.102. The van der Waals surface area contributed by atoms with Crippen molar-refractivity contribution in [3.8, 4) is 0 Å². The van der Waals surface area contributed by atoms with E-state index < -0.39 is 0 Å². The van der Waals surface area contributed by atoms with Gasteiger partial charge < -0.3 is 0 Å². The van der Waals surface area contributed by atoms with E-state index in [9.17, 15) is 4.79 Å². The van der Waals surface area contributed by atoms with Crippen LogP contribution in [0.25, 0.3) is 0 Å². The highest BCUT2D eigenvalue weighted by molar-refractivity contribution is 7.13. The van der Waals surface area contributed by atoms with E-state index in [-0.39, 0.29) is 5.91 Å². The maximum atomic E-state index is 12.4. The van der Waals surface area contributed by atoms with E-state index in [0.717, 1.165) is 42.4 Å². The first-order valence-electron chi connectivity index (χ1n) is 8.56. The molecule has 1 atom stereocenters. The summed E-state index contributed by atoms with van der Waals surface area (Å²) in [6.07, 6.45) is 2.59. The normalized spacial score (nSPS) is 18.5. The van der Waals surface area contributed by atoms with Crippen LogP contribution in [0.5, 0.6) is 0 Å². The van der Waals surface area contributed by atoms with E-state index in [1.807, 2.05) is 32.0 Å². The SMILES string of the molecule is Cc1ccc(C(=O)Nc2nc(CN3CCCC(C)C3)cs2)c(C)c1. The first-order chi connectivity index (χ1) is 11.5. The highest BCUT2D eigenvalue weighted by Gasteiger charge is 2.18. The molecule has 3 rings (SSSR count). The summed E-state index contributed by atoms with van der Waals surface area (Å²) < 4.78 is 0. The molecule has 2 aromatic rings. The largest absolute Gasteiger partial charge is 0.298 e. The average molecular weight is 343 g/mol. The minimum Gasteiger partial charge on any atom is -0.298 e. The van der Waals surface area contributed by atoms with Crippen LogP contribution in [0.1, 0.15) is 46.9 Å². The zero-order valence-corrected chi connectivity index (χ0v) is 15.4. The van der Waals surface area contributed by atoms with Gasteiger partial charge in [-0.15, -0.1) is 11.3 Å². The first-order valence-corrected chi connectivity index (χ1v) is 9.44. The Morgan fingerprint density at radius 2 is 2.25 bits per heavy atom. The van der Waals surface area contributed by atoms with E-state index in [4.69, 9.17) is 0 Å². The second kappa shape index (κ2) is 7.45. The lowest BCUT2D eigenvalue weighted by atomic mass is 10.0. The Hall–Kier alpha value is -1.72. The van der Waals surface area contributed by atoms with E-state index >= 15 is 0 Å². The smallest absolute Gasteiger partial charge is 0.257 e. The molecular formula is C19H25N3OS. The van der Waals surface area contributed by atoms with Gasteiger partial charge in [0.2, 0.25) is 0 Å². The first kappa shape index (κ1) is 17.1. The number of carbonyl (C=O) groups is 1. The molecule has 0 spiro atoms. The Morgan fingerprint density at radius 3 is 3.00 bits per heavy atom. The number of likely N-dealkylation sites (tertiary alicyclic amines) is 1. The van der Waals surface area contributed by atoms with Gasteiger partial charge in [0.25, 0.3) is 5.91 Å². The van der Waals surface area contributed by atoms with Gasteiger partial charge in [-0.05, 0) is 50.8 Å². The van der Waals surface area contributed by atoms with Crippen LogP contribution in [-0.4, -0.2) is 28.9 Å². The molecule has 2 heterocycles. The second-order valence-corrected chi connectivity index (χ2v) is 7.76. The molecule has 4 nitrogen and oxygen atoms in total. The molecular weight excluding hydrogens is 318 g/mol. The molecule has 24 heavy (non-hydrogen) atoms. The Balaban J connectivity index is 1.62. The van der Waals surface area contributed by atoms with Crippen molar-refractivity contribution in [2.45, 2.75) is 40.2 Å². The average Bonchev–Trinajstić information content (AvgIpc) is 2.94. The maximum Gasteiger partial charge on any atom is 0.257 e. The third-order valence-electron chi connectivity index (χ3n) is 4.53. The molecule has 0 saturated carbocycles. The number of nitrogens with one attached hydrogen (secondary N) is 1. The van der Waals surface area contributed by atoms with Crippen LogP contribution in [0.3, 0.4) is 0 Å². The highest BCUT2D eigenvalue weighted by atomic mass is 32.1. The van der Waals surface area contributed by atoms with Gasteiger partial charge in [0.1, 0.15) is 0 Å². The zero-order valence-electron chi connectivity index (χ0n) is 14.6. The third kappa shape index (κ3) is 4.22. The quantitative estimate of drug-likeness (QED) is 0.903. The number of amides is 1. The van der Waals surface area contributed by atoms with Crippen LogP contribution in [0.15, 0.2) is 23.6 Å². The monoisotopic (exact) mass is 343 g/mol. The van der Waals surface area contributed by atoms with Crippen LogP contribution in [0.4, 0.5) is 5.13 Å². The fraction of sp³-hybridized carbons (Fsp3) is 0.474. The molecule has 0 aliphatic carbocycles. The highest BCUT2D eigenvalue weighted by Crippen LogP contribution is 2.22. The van der Waals surface area contributed by atoms with E-state index in [1.165, 1.54) is 24.2 Å². The molecule has 1 aromatic heterocycles. The Morgan fingerprint density at radius 1 is 1.42 bits per heavy atom. The molecule has 1 saturated heterocycles. The number of benzene rings is 1. The number of rotatable bonds is 4. The molecule has 1 amide bonds. The Kier molecular flexibility index (Phi) is 5.31. The van der Waals surface area contributed by atoms with Gasteiger partial charge in [0.15, 0.2) is 5.13 Å². The van der Waals surface area contributed by atoms with E-state index in [2.05, 4.69) is 27.5 Å². The number of piperidine rings is 1. The molecule has 1 aliphatic heterocycles. The number of hydrogen-bond acceptors (Lipinski definition) is 4. The summed E-state index contributed by atoms with van der Waals surface area (Å²) in [5.74, 6) is 0.682. The van der Waals surface area contributed by atoms with Crippen LogP contribution in [-0.2, 0) is 6.54 Å². The number of thiazole rings is 1. The van der Waals surface area contributed by atoms with E-state index in [0.29, 0.717) is 10.7 Å². The van der Waals surface area contributed by atoms with Crippen molar-refractivity contribution in [3.05, 3.63) is 46.0 Å². The number of nitrogens with zero attached hydrogens (tertiary/aromatic N) is 2. The second-order valence-electron chi connectivity index (χ2n) is 6.90. The van der Waals surface area contributed by atoms with Gasteiger partial charge >= 0.3 is 0 Å². The Bertz CT molecular complexity index is 725. The summed E-state index contributed by atoms with van der Waals surface area (Å²) in [6.45, 7) is 9.47. The molecule has 0 radical (unpaired) electrons. The standard InChI is InChI=1S/C19H25N3OS/c1-13-6-7-17(15(3)9-13)18(23)21-19-20-16(12-24-19)11-22-8-4-5-14(2)10-22/h6-7,9,12,14H,4-5,8,10-11H2,1-3H3,(H,20,21,23). The molecule has 1 N–H and O–H groups in total. The van der Waals surface area contributed by atoms with Crippen molar-refractivity contribution < 1.29 is 4.79 Å². The van der Waals surface area contributed by atoms with Crippen LogP contribution in [0, 0.1) is 19.8 Å². The number of hydrogen-bond donors (Lipinski definition) is 1. The summed E-state index contributed by atoms with van der Waals surface area (Å²) in [7, 11) is 0. The molecule has 1 fully saturated rings. The van der Waals surface area contributed by atoms with Gasteiger partial charge in [-0.1, -0.05) is 24.6 Å². The summed E-state index contributed by atoms with van der Waals surface area (Å²) in [5, 5.41) is 5.67. The fourth-order valence-electron chi connectivity index (χ4n) is 3.33. The molecule has 1 aliphatic rings. The summed E-state index contributed by atoms with van der Waals surface area (Å²) >= 11 is 1.50. The summed E-state index contributed by atoms with van der Waals surface area (Å²) in [6, 6.07) is 5.87. The van der Waals surface area contributed by atoms with Crippen LogP contribution in [0.2, 0.25) is 0 Å². The maximum absolute atomic E-state index is 12.4. The van der Waals surface area contributed by atoms with E-state index in [1.54, 1.807) is 0 Å². The summed E-state index contributed by atoms with van der Waals surface area (Å²) in [5.41, 5.74) is 3.91. The van der Waals surface area contributed by atoms with Crippen molar-refractivity contribution in [1.82, 2.24) is 9.88 Å². The van der Waals surface area contributed by atoms with Gasteiger partial charge in [-0.3, -0.25) is 15.0 Å². The number of aryl methyl sites for hydroxylation is 2. The van der Waals surface area contributed by atoms with Crippen molar-refractivity contribution in [1.29, 1.82) is 0 Å². The number of aromatic nitrogens is 1. The topological polar surface area (TPSA) is 45.2 Å². The Labute approximate surface area is 147 Å². The predicted octanol–water partition coefficient (Wildman–Crippen LogP) is 4.24. The lowest BCUT2D eigenvalue weighted by Gasteiger charge is -2.30. The van der Waals surface area contributed by atoms with Gasteiger partial charge in [-0.25, -0.2) is 4.98 Å². The van der Waals surface area contributed by atoms with Crippen LogP contribution < -0.4 is 5.32 Å². The van der Waals surface area contributed by atoms with Crippen molar-refractivity contribution in [2.75, 3.05) is 18.4 Å². The molecule has 5 heteroatoms. The van der Waals surface area contributed by atoms with Gasteiger partial charge in [0, 0.05) is 24.0 Å². The van der Waals surface area contributed by atoms with Gasteiger partial charge in [-0.2, -0.15) is 0 Å². The number of carbonyl (C=O) groups excluding carboxylic acids is 1. The molecule has 0 bridgehead atoms. The lowest BCUT2D eigenvalue weighted by Crippen LogP contribution is -2.33. The third-order valence-corrected chi connectivity index (χ3v) is 5.33. The van der Waals surface area contributed by atoms with Crippen molar-refractivity contribution >= 4 is 22.4 Å². The summed E-state index contributed by atoms with van der Waals surface area (Å²) in [4.78, 5) is 19.5. The van der Waals surface area contributed by atoms with Crippen molar-refractivity contribution in [2.24, 2.45) is 5.92 Å². The fourth-order valence-corrected chi connectivity index (χ4v) is 4.03. The molecule has 1 aromatic carbocycles. The van der Waals surface area contributed by atoms with Crippen LogP contribution >= 0.6 is 11.3 Å².